The molecule has 0 radical (unpaired) electrons. The van der Waals surface area contributed by atoms with Crippen molar-refractivity contribution in [3.63, 3.8) is 0 Å². The Labute approximate surface area is 98.1 Å². The number of carbonyl (C=O) groups is 1. The summed E-state index contributed by atoms with van der Waals surface area (Å²) in [7, 11) is 0. The molecule has 2 N–H and O–H groups in total. The lowest BCUT2D eigenvalue weighted by Crippen LogP contribution is -2.09. The summed E-state index contributed by atoms with van der Waals surface area (Å²) in [5, 5.41) is 0.653. The number of nitrogen functional groups attached to an aromatic ring is 1. The average Bonchev–Trinajstić information content (AvgIpc) is 2.20. The van der Waals surface area contributed by atoms with E-state index in [9.17, 15) is 4.79 Å². The van der Waals surface area contributed by atoms with Gasteiger partial charge in [-0.15, -0.1) is 0 Å². The summed E-state index contributed by atoms with van der Waals surface area (Å²) in [5.41, 5.74) is 6.66. The van der Waals surface area contributed by atoms with Crippen molar-refractivity contribution in [2.24, 2.45) is 0 Å². The Morgan fingerprint density at radius 3 is 2.73 bits per heavy atom. The SMILES string of the molecule is CCOC(=O)Cc1ccc(Cl)c(Cl)c1N. The van der Waals surface area contributed by atoms with E-state index in [1.807, 2.05) is 0 Å². The van der Waals surface area contributed by atoms with E-state index in [-0.39, 0.29) is 17.4 Å². The molecule has 3 nitrogen and oxygen atoms in total. The summed E-state index contributed by atoms with van der Waals surface area (Å²) in [4.78, 5) is 11.2. The second kappa shape index (κ2) is 5.24. The molecule has 0 amide bonds. The molecule has 0 aliphatic rings. The van der Waals surface area contributed by atoms with Crippen LogP contribution >= 0.6 is 23.2 Å². The molecule has 0 aliphatic carbocycles. The first-order valence-corrected chi connectivity index (χ1v) is 5.19. The van der Waals surface area contributed by atoms with Crippen molar-refractivity contribution in [3.8, 4) is 0 Å². The third kappa shape index (κ3) is 3.01. The highest BCUT2D eigenvalue weighted by Gasteiger charge is 2.11. The lowest BCUT2D eigenvalue weighted by atomic mass is 10.1. The van der Waals surface area contributed by atoms with Crippen LogP contribution in [0.3, 0.4) is 0 Å². The first kappa shape index (κ1) is 12.1. The molecule has 82 valence electrons. The van der Waals surface area contributed by atoms with Crippen molar-refractivity contribution < 1.29 is 9.53 Å². The number of benzene rings is 1. The van der Waals surface area contributed by atoms with Crippen LogP contribution in [0.15, 0.2) is 12.1 Å². The van der Waals surface area contributed by atoms with E-state index in [2.05, 4.69) is 0 Å². The number of hydrogen-bond acceptors (Lipinski definition) is 3. The minimum absolute atomic E-state index is 0.108. The van der Waals surface area contributed by atoms with Crippen LogP contribution in [0.2, 0.25) is 10.0 Å². The van der Waals surface area contributed by atoms with Crippen LogP contribution in [0, 0.1) is 0 Å². The molecule has 0 heterocycles. The molecular formula is C10H11Cl2NO2. The average molecular weight is 248 g/mol. The van der Waals surface area contributed by atoms with Crippen LogP contribution in [-0.4, -0.2) is 12.6 Å². The van der Waals surface area contributed by atoms with Crippen molar-refractivity contribution in [2.75, 3.05) is 12.3 Å². The molecule has 0 spiro atoms. The second-order valence-electron chi connectivity index (χ2n) is 2.92. The highest BCUT2D eigenvalue weighted by Crippen LogP contribution is 2.30. The van der Waals surface area contributed by atoms with Gasteiger partial charge in [0.2, 0.25) is 0 Å². The lowest BCUT2D eigenvalue weighted by molar-refractivity contribution is -0.142. The van der Waals surface area contributed by atoms with Crippen LogP contribution in [-0.2, 0) is 16.0 Å². The zero-order valence-electron chi connectivity index (χ0n) is 8.22. The quantitative estimate of drug-likeness (QED) is 0.660. The summed E-state index contributed by atoms with van der Waals surface area (Å²) in [6, 6.07) is 3.27. The minimum atomic E-state index is -0.331. The fraction of sp³-hybridized carbons (Fsp3) is 0.300. The maximum Gasteiger partial charge on any atom is 0.310 e. The number of hydrogen-bond donors (Lipinski definition) is 1. The van der Waals surface area contributed by atoms with Crippen LogP contribution in [0.25, 0.3) is 0 Å². The maximum atomic E-state index is 11.2. The van der Waals surface area contributed by atoms with E-state index in [1.165, 1.54) is 0 Å². The number of nitrogens with two attached hydrogens (primary N) is 1. The van der Waals surface area contributed by atoms with Gasteiger partial charge < -0.3 is 10.5 Å². The molecule has 1 aromatic carbocycles. The summed E-state index contributed by atoms with van der Waals surface area (Å²) in [6.07, 6.45) is 0.108. The van der Waals surface area contributed by atoms with E-state index in [4.69, 9.17) is 33.7 Å². The maximum absolute atomic E-state index is 11.2. The highest BCUT2D eigenvalue weighted by molar-refractivity contribution is 6.43. The molecule has 0 unspecified atom stereocenters. The number of rotatable bonds is 3. The first-order valence-electron chi connectivity index (χ1n) is 4.44. The van der Waals surface area contributed by atoms with Gasteiger partial charge in [-0.2, -0.15) is 0 Å². The first-order chi connectivity index (χ1) is 7.06. The summed E-state index contributed by atoms with van der Waals surface area (Å²) >= 11 is 11.6. The van der Waals surface area contributed by atoms with Gasteiger partial charge in [-0.1, -0.05) is 29.3 Å². The molecule has 5 heteroatoms. The zero-order chi connectivity index (χ0) is 11.4. The molecular weight excluding hydrogens is 237 g/mol. The fourth-order valence-electron chi connectivity index (χ4n) is 1.13. The zero-order valence-corrected chi connectivity index (χ0v) is 9.73. The van der Waals surface area contributed by atoms with Crippen LogP contribution in [0.5, 0.6) is 0 Å². The van der Waals surface area contributed by atoms with E-state index >= 15 is 0 Å². The summed E-state index contributed by atoms with van der Waals surface area (Å²) < 4.78 is 4.80. The van der Waals surface area contributed by atoms with E-state index in [0.717, 1.165) is 0 Å². The van der Waals surface area contributed by atoms with Gasteiger partial charge in [-0.05, 0) is 18.6 Å². The van der Waals surface area contributed by atoms with Crippen molar-refractivity contribution in [2.45, 2.75) is 13.3 Å². The molecule has 1 rings (SSSR count). The fourth-order valence-corrected chi connectivity index (χ4v) is 1.48. The number of esters is 1. The topological polar surface area (TPSA) is 52.3 Å². The Kier molecular flexibility index (Phi) is 4.24. The van der Waals surface area contributed by atoms with Crippen molar-refractivity contribution in [1.29, 1.82) is 0 Å². The third-order valence-corrected chi connectivity index (χ3v) is 2.68. The van der Waals surface area contributed by atoms with E-state index in [0.29, 0.717) is 22.9 Å². The standard InChI is InChI=1S/C10H11Cl2NO2/c1-2-15-8(14)5-6-3-4-7(11)9(12)10(6)13/h3-4H,2,5,13H2,1H3. The van der Waals surface area contributed by atoms with Crippen LogP contribution in [0.4, 0.5) is 5.69 Å². The predicted octanol–water partition coefficient (Wildman–Crippen LogP) is 2.68. The molecule has 0 bridgehead atoms. The Morgan fingerprint density at radius 1 is 1.47 bits per heavy atom. The highest BCUT2D eigenvalue weighted by atomic mass is 35.5. The van der Waals surface area contributed by atoms with Crippen molar-refractivity contribution in [1.82, 2.24) is 0 Å². The van der Waals surface area contributed by atoms with Gasteiger partial charge in [0.05, 0.1) is 28.8 Å². The molecule has 0 saturated heterocycles. The Bertz CT molecular complexity index is 380. The number of anilines is 1. The van der Waals surface area contributed by atoms with Gasteiger partial charge in [-0.3, -0.25) is 4.79 Å². The molecule has 0 saturated carbocycles. The molecule has 1 aromatic rings. The van der Waals surface area contributed by atoms with Crippen molar-refractivity contribution in [3.05, 3.63) is 27.7 Å². The molecule has 15 heavy (non-hydrogen) atoms. The third-order valence-electron chi connectivity index (χ3n) is 1.86. The Morgan fingerprint density at radius 2 is 2.13 bits per heavy atom. The molecule has 0 fully saturated rings. The van der Waals surface area contributed by atoms with Gasteiger partial charge in [0.15, 0.2) is 0 Å². The second-order valence-corrected chi connectivity index (χ2v) is 3.70. The van der Waals surface area contributed by atoms with Crippen LogP contribution < -0.4 is 5.73 Å². The lowest BCUT2D eigenvalue weighted by Gasteiger charge is -2.07. The van der Waals surface area contributed by atoms with Gasteiger partial charge in [-0.25, -0.2) is 0 Å². The largest absolute Gasteiger partial charge is 0.466 e. The Hall–Kier alpha value is -0.930. The minimum Gasteiger partial charge on any atom is -0.466 e. The summed E-state index contributed by atoms with van der Waals surface area (Å²) in [6.45, 7) is 2.09. The van der Waals surface area contributed by atoms with Crippen LogP contribution in [0.1, 0.15) is 12.5 Å². The number of halogens is 2. The molecule has 0 aromatic heterocycles. The van der Waals surface area contributed by atoms with Gasteiger partial charge in [0.25, 0.3) is 0 Å². The molecule has 0 aliphatic heterocycles. The molecule has 0 atom stereocenters. The van der Waals surface area contributed by atoms with E-state index < -0.39 is 0 Å². The Balaban J connectivity index is 2.87. The predicted molar refractivity (Wildman–Crippen MR) is 61.2 cm³/mol. The smallest absolute Gasteiger partial charge is 0.310 e. The summed E-state index contributed by atoms with van der Waals surface area (Å²) in [5.74, 6) is -0.331. The normalized spacial score (nSPS) is 10.1. The number of ether oxygens (including phenoxy) is 1. The van der Waals surface area contributed by atoms with Gasteiger partial charge in [0.1, 0.15) is 0 Å². The van der Waals surface area contributed by atoms with E-state index in [1.54, 1.807) is 19.1 Å². The van der Waals surface area contributed by atoms with Crippen molar-refractivity contribution >= 4 is 34.9 Å². The van der Waals surface area contributed by atoms with Gasteiger partial charge >= 0.3 is 5.97 Å². The number of carbonyl (C=O) groups excluding carboxylic acids is 1. The van der Waals surface area contributed by atoms with Gasteiger partial charge in [0, 0.05) is 0 Å². The monoisotopic (exact) mass is 247 g/mol.